The Morgan fingerprint density at radius 3 is 1.44 bits per heavy atom. The van der Waals surface area contributed by atoms with Crippen LogP contribution in [0.2, 0.25) is 0 Å². The second-order valence-electron chi connectivity index (χ2n) is 12.3. The number of para-hydroxylation sites is 3. The minimum absolute atomic E-state index is 0.560. The predicted molar refractivity (Wildman–Crippen MR) is 200 cm³/mol. The molecule has 2 heterocycles. The van der Waals surface area contributed by atoms with Crippen molar-refractivity contribution in [1.82, 2.24) is 9.13 Å². The molecule has 2 aromatic heterocycles. The largest absolute Gasteiger partial charge is 0.309 e. The lowest BCUT2D eigenvalue weighted by Crippen LogP contribution is -1.99. The molecule has 0 saturated carbocycles. The first-order chi connectivity index (χ1) is 24.7. The van der Waals surface area contributed by atoms with E-state index in [9.17, 15) is 15.8 Å². The smallest absolute Gasteiger partial charge is 0.0998 e. The first-order valence-corrected chi connectivity index (χ1v) is 16.3. The van der Waals surface area contributed by atoms with Crippen LogP contribution in [0.15, 0.2) is 152 Å². The van der Waals surface area contributed by atoms with E-state index in [0.29, 0.717) is 16.7 Å². The summed E-state index contributed by atoms with van der Waals surface area (Å²) in [5, 5.41) is 34.0. The summed E-state index contributed by atoms with van der Waals surface area (Å²) in [5.41, 5.74) is 11.5. The van der Waals surface area contributed by atoms with E-state index in [4.69, 9.17) is 0 Å². The number of rotatable bonds is 4. The van der Waals surface area contributed by atoms with Gasteiger partial charge in [-0.25, -0.2) is 0 Å². The number of aromatic nitrogens is 2. The van der Waals surface area contributed by atoms with Crippen molar-refractivity contribution in [2.45, 2.75) is 0 Å². The van der Waals surface area contributed by atoms with Gasteiger partial charge in [0.1, 0.15) is 0 Å². The van der Waals surface area contributed by atoms with E-state index in [1.165, 1.54) is 10.8 Å². The van der Waals surface area contributed by atoms with E-state index in [1.54, 1.807) is 0 Å². The van der Waals surface area contributed by atoms with Crippen molar-refractivity contribution in [2.24, 2.45) is 0 Å². The minimum Gasteiger partial charge on any atom is -0.309 e. The number of benzene rings is 7. The van der Waals surface area contributed by atoms with Crippen molar-refractivity contribution < 1.29 is 0 Å². The van der Waals surface area contributed by atoms with Crippen LogP contribution >= 0.6 is 0 Å². The maximum atomic E-state index is 10.4. The molecular weight excluding hydrogens is 611 g/mol. The fraction of sp³-hybridized carbons (Fsp3) is 0. The Morgan fingerprint density at radius 2 is 0.860 bits per heavy atom. The normalized spacial score (nSPS) is 11.1. The van der Waals surface area contributed by atoms with E-state index in [0.717, 1.165) is 66.5 Å². The SMILES string of the molecule is N#Cc1ccc2c(c1)c1cc(C#N)ccc1n2-c1ccccc1-c1ccccc1-c1cc(-n2c3ccccc3c3ccccc32)ccc1C#N. The van der Waals surface area contributed by atoms with Gasteiger partial charge in [-0.15, -0.1) is 0 Å². The van der Waals surface area contributed by atoms with Crippen LogP contribution in [0.3, 0.4) is 0 Å². The summed E-state index contributed by atoms with van der Waals surface area (Å²) < 4.78 is 4.48. The molecule has 0 amide bonds. The van der Waals surface area contributed by atoms with Crippen LogP contribution in [-0.2, 0) is 0 Å². The van der Waals surface area contributed by atoms with Crippen LogP contribution < -0.4 is 0 Å². The van der Waals surface area contributed by atoms with Crippen molar-refractivity contribution >= 4 is 43.6 Å². The van der Waals surface area contributed by atoms with Gasteiger partial charge in [0.05, 0.1) is 62.7 Å². The zero-order chi connectivity index (χ0) is 33.8. The van der Waals surface area contributed by atoms with Crippen LogP contribution in [0, 0.1) is 34.0 Å². The van der Waals surface area contributed by atoms with Crippen molar-refractivity contribution in [3.8, 4) is 51.8 Å². The number of hydrogen-bond acceptors (Lipinski definition) is 3. The van der Waals surface area contributed by atoms with E-state index in [1.807, 2.05) is 72.8 Å². The molecule has 0 unspecified atom stereocenters. The quantitative estimate of drug-likeness (QED) is 0.193. The third-order valence-electron chi connectivity index (χ3n) is 9.64. The Hall–Kier alpha value is -7.39. The molecule has 0 fully saturated rings. The molecule has 0 spiro atoms. The Morgan fingerprint density at radius 1 is 0.360 bits per heavy atom. The van der Waals surface area contributed by atoms with Crippen molar-refractivity contribution in [3.63, 3.8) is 0 Å². The molecule has 0 N–H and O–H groups in total. The summed E-state index contributed by atoms with van der Waals surface area (Å²) in [5.74, 6) is 0. The standard InChI is InChI=1S/C45H25N5/c46-26-29-17-21-44-39(23-29)40-24-30(27-47)18-22-45(40)50(44)43-16-8-3-11-35(43)33-9-1-2-10-34(33)38-25-32(20-19-31(38)28-48)49-41-14-6-4-12-36(41)37-13-5-7-15-42(37)49/h1-25H. The average Bonchev–Trinajstić information content (AvgIpc) is 3.69. The number of nitriles is 3. The lowest BCUT2D eigenvalue weighted by Gasteiger charge is -2.18. The van der Waals surface area contributed by atoms with Crippen molar-refractivity contribution in [2.75, 3.05) is 0 Å². The topological polar surface area (TPSA) is 81.2 Å². The lowest BCUT2D eigenvalue weighted by atomic mass is 9.91. The van der Waals surface area contributed by atoms with Gasteiger partial charge in [-0.2, -0.15) is 15.8 Å². The summed E-state index contributed by atoms with van der Waals surface area (Å²) in [4.78, 5) is 0. The second kappa shape index (κ2) is 11.4. The van der Waals surface area contributed by atoms with Crippen LogP contribution in [-0.4, -0.2) is 9.13 Å². The van der Waals surface area contributed by atoms with E-state index in [-0.39, 0.29) is 0 Å². The molecule has 0 aliphatic carbocycles. The van der Waals surface area contributed by atoms with Gasteiger partial charge in [0, 0.05) is 38.4 Å². The molecule has 5 nitrogen and oxygen atoms in total. The highest BCUT2D eigenvalue weighted by Gasteiger charge is 2.20. The molecule has 5 heteroatoms. The Bertz CT molecular complexity index is 2850. The molecule has 7 aromatic carbocycles. The molecule has 0 atom stereocenters. The van der Waals surface area contributed by atoms with Gasteiger partial charge in [0.2, 0.25) is 0 Å². The molecule has 0 saturated heterocycles. The molecule has 230 valence electrons. The molecule has 0 aliphatic rings. The Balaban J connectivity index is 1.30. The minimum atomic E-state index is 0.560. The molecule has 9 aromatic rings. The molecular formula is C45H25N5. The molecule has 0 aliphatic heterocycles. The summed E-state index contributed by atoms with van der Waals surface area (Å²) in [6.07, 6.45) is 0. The highest BCUT2D eigenvalue weighted by molar-refractivity contribution is 6.11. The van der Waals surface area contributed by atoms with Gasteiger partial charge in [0.25, 0.3) is 0 Å². The summed E-state index contributed by atoms with van der Waals surface area (Å²) >= 11 is 0. The maximum absolute atomic E-state index is 10.4. The van der Waals surface area contributed by atoms with Gasteiger partial charge in [-0.3, -0.25) is 0 Å². The third kappa shape index (κ3) is 4.31. The highest BCUT2D eigenvalue weighted by atomic mass is 15.0. The van der Waals surface area contributed by atoms with Gasteiger partial charge >= 0.3 is 0 Å². The predicted octanol–water partition coefficient (Wildman–Crippen LogP) is 10.8. The molecule has 0 bridgehead atoms. The van der Waals surface area contributed by atoms with Crippen LogP contribution in [0.25, 0.3) is 77.2 Å². The zero-order valence-electron chi connectivity index (χ0n) is 26.7. The van der Waals surface area contributed by atoms with Crippen LogP contribution in [0.5, 0.6) is 0 Å². The highest BCUT2D eigenvalue weighted by Crippen LogP contribution is 2.42. The fourth-order valence-corrected chi connectivity index (χ4v) is 7.46. The van der Waals surface area contributed by atoms with Gasteiger partial charge < -0.3 is 9.13 Å². The lowest BCUT2D eigenvalue weighted by molar-refractivity contribution is 1.18. The Labute approximate surface area is 287 Å². The van der Waals surface area contributed by atoms with Gasteiger partial charge in [-0.05, 0) is 83.9 Å². The molecule has 50 heavy (non-hydrogen) atoms. The van der Waals surface area contributed by atoms with Crippen LogP contribution in [0.1, 0.15) is 16.7 Å². The first kappa shape index (κ1) is 28.8. The average molecular weight is 636 g/mol. The van der Waals surface area contributed by atoms with Crippen molar-refractivity contribution in [3.05, 3.63) is 168 Å². The fourth-order valence-electron chi connectivity index (χ4n) is 7.46. The van der Waals surface area contributed by atoms with Gasteiger partial charge in [-0.1, -0.05) is 78.9 Å². The number of fused-ring (bicyclic) bond motifs is 6. The monoisotopic (exact) mass is 635 g/mol. The van der Waals surface area contributed by atoms with E-state index >= 15 is 0 Å². The number of nitrogens with zero attached hydrogens (tertiary/aromatic N) is 5. The van der Waals surface area contributed by atoms with Gasteiger partial charge in [0.15, 0.2) is 0 Å². The van der Waals surface area contributed by atoms with E-state index < -0.39 is 0 Å². The third-order valence-corrected chi connectivity index (χ3v) is 9.64. The summed E-state index contributed by atoms with van der Waals surface area (Å²) in [6.45, 7) is 0. The summed E-state index contributed by atoms with van der Waals surface area (Å²) in [6, 6.07) is 57.8. The molecule has 9 rings (SSSR count). The first-order valence-electron chi connectivity index (χ1n) is 16.3. The number of hydrogen-bond donors (Lipinski definition) is 0. The second-order valence-corrected chi connectivity index (χ2v) is 12.3. The molecule has 0 radical (unpaired) electrons. The van der Waals surface area contributed by atoms with Crippen LogP contribution in [0.4, 0.5) is 0 Å². The Kier molecular flexibility index (Phi) is 6.56. The van der Waals surface area contributed by atoms with E-state index in [2.05, 4.69) is 106 Å². The maximum Gasteiger partial charge on any atom is 0.0998 e. The zero-order valence-corrected chi connectivity index (χ0v) is 26.7. The van der Waals surface area contributed by atoms with Crippen molar-refractivity contribution in [1.29, 1.82) is 15.8 Å². The summed E-state index contributed by atoms with van der Waals surface area (Å²) in [7, 11) is 0.